The Morgan fingerprint density at radius 3 is 1.25 bits per heavy atom. The van der Waals surface area contributed by atoms with E-state index in [2.05, 4.69) is 0 Å². The third-order valence-electron chi connectivity index (χ3n) is 1.25. The van der Waals surface area contributed by atoms with Gasteiger partial charge >= 0.3 is 51.4 Å². The smallest absolute Gasteiger partial charge is 0.726 e. The Balaban J connectivity index is -0.000000242. The number of rotatable bonds is 6. The fraction of sp³-hybridized carbons (Fsp3) is 1.00. The maximum atomic E-state index is 8.63. The SMILES string of the molecule is O=S(=O)([O-])O.OCCN(CCO)CCO.[K+]. The Kier molecular flexibility index (Phi) is 20.3. The molecular formula is C6H16KNO7S. The van der Waals surface area contributed by atoms with E-state index in [0.717, 1.165) is 0 Å². The molecule has 0 aliphatic carbocycles. The van der Waals surface area contributed by atoms with Crippen molar-refractivity contribution in [1.82, 2.24) is 4.90 Å². The van der Waals surface area contributed by atoms with E-state index < -0.39 is 10.4 Å². The zero-order valence-electron chi connectivity index (χ0n) is 9.11. The van der Waals surface area contributed by atoms with Crippen LogP contribution in [0.3, 0.4) is 0 Å². The van der Waals surface area contributed by atoms with E-state index in [9.17, 15) is 0 Å². The van der Waals surface area contributed by atoms with Gasteiger partial charge in [-0.25, -0.2) is 8.42 Å². The molecule has 0 aliphatic rings. The molecule has 0 saturated carbocycles. The van der Waals surface area contributed by atoms with E-state index in [-0.39, 0.29) is 71.2 Å². The molecule has 10 heteroatoms. The summed E-state index contributed by atoms with van der Waals surface area (Å²) in [7, 11) is -4.92. The summed E-state index contributed by atoms with van der Waals surface area (Å²) in [6.45, 7) is 1.75. The van der Waals surface area contributed by atoms with E-state index in [1.54, 1.807) is 4.90 Å². The third-order valence-corrected chi connectivity index (χ3v) is 1.25. The van der Waals surface area contributed by atoms with Gasteiger partial charge in [0.25, 0.3) is 0 Å². The Bertz CT molecular complexity index is 201. The minimum absolute atomic E-state index is 0. The molecule has 0 fully saturated rings. The fourth-order valence-electron chi connectivity index (χ4n) is 0.760. The molecule has 16 heavy (non-hydrogen) atoms. The van der Waals surface area contributed by atoms with Gasteiger partial charge < -0.3 is 19.9 Å². The molecule has 0 aromatic heterocycles. The van der Waals surface area contributed by atoms with Crippen molar-refractivity contribution >= 4 is 10.4 Å². The Labute approximate surface area is 137 Å². The van der Waals surface area contributed by atoms with Crippen molar-refractivity contribution in [2.75, 3.05) is 39.5 Å². The molecule has 0 aromatic rings. The third kappa shape index (κ3) is 29.5. The quantitative estimate of drug-likeness (QED) is 0.215. The summed E-state index contributed by atoms with van der Waals surface area (Å²) in [4.78, 5) is 1.79. The van der Waals surface area contributed by atoms with Gasteiger partial charge in [-0.1, -0.05) is 0 Å². The summed E-state index contributed by atoms with van der Waals surface area (Å²) >= 11 is 0. The average molecular weight is 285 g/mol. The van der Waals surface area contributed by atoms with Crippen LogP contribution in [-0.2, 0) is 10.4 Å². The predicted octanol–water partition coefficient (Wildman–Crippen LogP) is -5.73. The van der Waals surface area contributed by atoms with Gasteiger partial charge in [-0.15, -0.1) is 0 Å². The zero-order chi connectivity index (χ0) is 12.3. The molecule has 0 aromatic carbocycles. The number of hydrogen-bond acceptors (Lipinski definition) is 7. The summed E-state index contributed by atoms with van der Waals surface area (Å²) in [5.41, 5.74) is 0. The second kappa shape index (κ2) is 14.4. The first kappa shape index (κ1) is 22.5. The summed E-state index contributed by atoms with van der Waals surface area (Å²) in [5, 5.41) is 25.5. The van der Waals surface area contributed by atoms with Gasteiger partial charge in [0.05, 0.1) is 19.8 Å². The summed E-state index contributed by atoms with van der Waals surface area (Å²) in [6, 6.07) is 0. The van der Waals surface area contributed by atoms with Gasteiger partial charge in [-0.05, 0) is 0 Å². The van der Waals surface area contributed by atoms with E-state index >= 15 is 0 Å². The molecule has 0 bridgehead atoms. The van der Waals surface area contributed by atoms with E-state index in [0.29, 0.717) is 19.6 Å². The minimum Gasteiger partial charge on any atom is -0.726 e. The van der Waals surface area contributed by atoms with Gasteiger partial charge in [0.1, 0.15) is 0 Å². The van der Waals surface area contributed by atoms with E-state index in [1.807, 2.05) is 0 Å². The first-order chi connectivity index (χ1) is 6.85. The first-order valence-electron chi connectivity index (χ1n) is 4.08. The molecule has 4 N–H and O–H groups in total. The topological polar surface area (TPSA) is 141 Å². The average Bonchev–Trinajstić information content (AvgIpc) is 2.02. The Morgan fingerprint density at radius 1 is 0.938 bits per heavy atom. The van der Waals surface area contributed by atoms with Crippen molar-refractivity contribution in [2.45, 2.75) is 0 Å². The summed E-state index contributed by atoms with van der Waals surface area (Å²) in [5.74, 6) is 0. The van der Waals surface area contributed by atoms with Crippen LogP contribution < -0.4 is 51.4 Å². The molecule has 0 aliphatic heterocycles. The monoisotopic (exact) mass is 285 g/mol. The first-order valence-corrected chi connectivity index (χ1v) is 5.45. The molecule has 0 atom stereocenters. The van der Waals surface area contributed by atoms with Crippen LogP contribution in [0, 0.1) is 0 Å². The van der Waals surface area contributed by atoms with Gasteiger partial charge in [-0.2, -0.15) is 0 Å². The molecule has 0 rings (SSSR count). The van der Waals surface area contributed by atoms with Gasteiger partial charge in [-0.3, -0.25) is 9.45 Å². The number of aliphatic hydroxyl groups is 3. The molecule has 0 heterocycles. The Morgan fingerprint density at radius 2 is 1.12 bits per heavy atom. The standard InChI is InChI=1S/C6H15NO3.K.H2O4S/c8-4-1-7(2-5-9)3-6-10;;1-5(2,3)4/h8-10H,1-6H2;;(H2,1,2,3,4)/q;+1;/p-1. The molecule has 0 unspecified atom stereocenters. The van der Waals surface area contributed by atoms with E-state index in [4.69, 9.17) is 32.8 Å². The number of hydrogen-bond donors (Lipinski definition) is 4. The maximum Gasteiger partial charge on any atom is 1.00 e. The van der Waals surface area contributed by atoms with Crippen LogP contribution in [-0.4, -0.2) is 77.2 Å². The van der Waals surface area contributed by atoms with Crippen molar-refractivity contribution in [3.8, 4) is 0 Å². The molecule has 8 nitrogen and oxygen atoms in total. The van der Waals surface area contributed by atoms with Crippen LogP contribution in [0.4, 0.5) is 0 Å². The maximum absolute atomic E-state index is 8.63. The fourth-order valence-corrected chi connectivity index (χ4v) is 0.760. The second-order valence-electron chi connectivity index (χ2n) is 2.44. The van der Waals surface area contributed by atoms with Crippen LogP contribution in [0.2, 0.25) is 0 Å². The van der Waals surface area contributed by atoms with Crippen molar-refractivity contribution in [2.24, 2.45) is 0 Å². The molecule has 94 valence electrons. The van der Waals surface area contributed by atoms with Gasteiger partial charge in [0.2, 0.25) is 10.4 Å². The predicted molar refractivity (Wildman–Crippen MR) is 50.0 cm³/mol. The summed E-state index contributed by atoms with van der Waals surface area (Å²) < 4.78 is 32.8. The van der Waals surface area contributed by atoms with Crippen LogP contribution in [0.5, 0.6) is 0 Å². The second-order valence-corrected chi connectivity index (χ2v) is 3.30. The molecular weight excluding hydrogens is 269 g/mol. The van der Waals surface area contributed by atoms with Crippen LogP contribution in [0.25, 0.3) is 0 Å². The Hall–Kier alpha value is 1.35. The zero-order valence-corrected chi connectivity index (χ0v) is 13.1. The van der Waals surface area contributed by atoms with E-state index in [1.165, 1.54) is 0 Å². The molecule has 0 saturated heterocycles. The van der Waals surface area contributed by atoms with Crippen LogP contribution in [0.15, 0.2) is 0 Å². The largest absolute Gasteiger partial charge is 1.00 e. The molecule has 0 amide bonds. The normalized spacial score (nSPS) is 10.4. The van der Waals surface area contributed by atoms with Crippen molar-refractivity contribution in [1.29, 1.82) is 0 Å². The van der Waals surface area contributed by atoms with Gasteiger partial charge in [0.15, 0.2) is 0 Å². The van der Waals surface area contributed by atoms with Crippen molar-refractivity contribution < 1.29 is 84.2 Å². The number of nitrogens with zero attached hydrogens (tertiary/aromatic N) is 1. The van der Waals surface area contributed by atoms with Crippen LogP contribution in [0.1, 0.15) is 0 Å². The van der Waals surface area contributed by atoms with Gasteiger partial charge in [0, 0.05) is 19.6 Å². The number of aliphatic hydroxyl groups excluding tert-OH is 3. The molecule has 0 spiro atoms. The minimum atomic E-state index is -4.92. The van der Waals surface area contributed by atoms with Crippen molar-refractivity contribution in [3.63, 3.8) is 0 Å². The summed E-state index contributed by atoms with van der Waals surface area (Å²) in [6.07, 6.45) is 0. The van der Waals surface area contributed by atoms with Crippen LogP contribution >= 0.6 is 0 Å². The molecule has 0 radical (unpaired) electrons. The van der Waals surface area contributed by atoms with Crippen molar-refractivity contribution in [3.05, 3.63) is 0 Å².